The second-order valence-corrected chi connectivity index (χ2v) is 3.23. The predicted molar refractivity (Wildman–Crippen MR) is 56.1 cm³/mol. The van der Waals surface area contributed by atoms with E-state index < -0.39 is 0 Å². The number of benzene rings is 1. The molecule has 0 aliphatic rings. The van der Waals surface area contributed by atoms with Crippen LogP contribution in [-0.4, -0.2) is 26.2 Å². The van der Waals surface area contributed by atoms with Crippen LogP contribution in [0.1, 0.15) is 5.56 Å². The van der Waals surface area contributed by atoms with Crippen molar-refractivity contribution in [2.75, 3.05) is 0 Å². The molecule has 1 aromatic carbocycles. The standard InChI is InChI=1S/C9H7ClN4O/c10-8-1-2-9(15)7(3-8)4-13-14-5-11-12-6-14/h1-6,15H/b13-4+. The maximum absolute atomic E-state index is 9.47. The van der Waals surface area contributed by atoms with Crippen molar-refractivity contribution in [2.24, 2.45) is 5.10 Å². The molecule has 1 aromatic heterocycles. The highest BCUT2D eigenvalue weighted by Gasteiger charge is 1.98. The summed E-state index contributed by atoms with van der Waals surface area (Å²) in [6.07, 6.45) is 4.36. The third-order valence-electron chi connectivity index (χ3n) is 1.73. The van der Waals surface area contributed by atoms with E-state index in [9.17, 15) is 5.11 Å². The topological polar surface area (TPSA) is 63.3 Å². The zero-order chi connectivity index (χ0) is 10.7. The van der Waals surface area contributed by atoms with Crippen LogP contribution in [0.15, 0.2) is 36.0 Å². The van der Waals surface area contributed by atoms with Gasteiger partial charge in [-0.25, -0.2) is 4.68 Å². The Bertz CT molecular complexity index is 481. The normalized spacial score (nSPS) is 11.0. The van der Waals surface area contributed by atoms with Crippen molar-refractivity contribution < 1.29 is 5.11 Å². The maximum Gasteiger partial charge on any atom is 0.141 e. The first-order valence-electron chi connectivity index (χ1n) is 4.13. The molecular formula is C9H7ClN4O. The van der Waals surface area contributed by atoms with E-state index in [1.807, 2.05) is 0 Å². The fourth-order valence-electron chi connectivity index (χ4n) is 1.01. The minimum absolute atomic E-state index is 0.122. The van der Waals surface area contributed by atoms with Gasteiger partial charge in [0.1, 0.15) is 18.4 Å². The Kier molecular flexibility index (Phi) is 2.64. The molecule has 2 aromatic rings. The number of phenols is 1. The van der Waals surface area contributed by atoms with Crippen LogP contribution in [0.25, 0.3) is 0 Å². The lowest BCUT2D eigenvalue weighted by atomic mass is 10.2. The molecule has 0 spiro atoms. The first-order chi connectivity index (χ1) is 7.25. The van der Waals surface area contributed by atoms with E-state index in [0.29, 0.717) is 10.6 Å². The van der Waals surface area contributed by atoms with E-state index >= 15 is 0 Å². The molecule has 1 heterocycles. The molecule has 0 amide bonds. The number of rotatable bonds is 2. The third-order valence-corrected chi connectivity index (χ3v) is 1.96. The average Bonchev–Trinajstić information content (AvgIpc) is 2.72. The molecule has 15 heavy (non-hydrogen) atoms. The van der Waals surface area contributed by atoms with Crippen molar-refractivity contribution in [1.82, 2.24) is 14.9 Å². The van der Waals surface area contributed by atoms with Gasteiger partial charge in [0.15, 0.2) is 0 Å². The number of aromatic hydroxyl groups is 1. The van der Waals surface area contributed by atoms with E-state index in [4.69, 9.17) is 11.6 Å². The number of halogens is 1. The van der Waals surface area contributed by atoms with Gasteiger partial charge in [-0.05, 0) is 18.2 Å². The Hall–Kier alpha value is -1.88. The average molecular weight is 223 g/mol. The summed E-state index contributed by atoms with van der Waals surface area (Å²) in [6.45, 7) is 0. The predicted octanol–water partition coefficient (Wildman–Crippen LogP) is 1.52. The molecule has 0 aliphatic carbocycles. The largest absolute Gasteiger partial charge is 0.507 e. The second-order valence-electron chi connectivity index (χ2n) is 2.79. The minimum Gasteiger partial charge on any atom is -0.507 e. The van der Waals surface area contributed by atoms with Gasteiger partial charge >= 0.3 is 0 Å². The third kappa shape index (κ3) is 2.32. The van der Waals surface area contributed by atoms with Crippen LogP contribution < -0.4 is 0 Å². The van der Waals surface area contributed by atoms with Gasteiger partial charge in [-0.2, -0.15) is 5.10 Å². The summed E-state index contributed by atoms with van der Waals surface area (Å²) in [5.74, 6) is 0.122. The molecule has 0 aliphatic heterocycles. The number of phenolic OH excluding ortho intramolecular Hbond substituents is 1. The van der Waals surface area contributed by atoms with E-state index in [0.717, 1.165) is 0 Å². The molecular weight excluding hydrogens is 216 g/mol. The number of hydrogen-bond donors (Lipinski definition) is 1. The van der Waals surface area contributed by atoms with Crippen molar-refractivity contribution in [3.8, 4) is 5.75 Å². The summed E-state index contributed by atoms with van der Waals surface area (Å²) >= 11 is 5.77. The monoisotopic (exact) mass is 222 g/mol. The fourth-order valence-corrected chi connectivity index (χ4v) is 1.19. The maximum atomic E-state index is 9.47. The lowest BCUT2D eigenvalue weighted by Gasteiger charge is -1.98. The fraction of sp³-hybridized carbons (Fsp3) is 0. The highest BCUT2D eigenvalue weighted by atomic mass is 35.5. The molecule has 1 N–H and O–H groups in total. The van der Waals surface area contributed by atoms with E-state index in [2.05, 4.69) is 15.3 Å². The minimum atomic E-state index is 0.122. The van der Waals surface area contributed by atoms with Gasteiger partial charge in [-0.15, -0.1) is 10.2 Å². The van der Waals surface area contributed by atoms with Crippen LogP contribution in [0, 0.1) is 0 Å². The van der Waals surface area contributed by atoms with Gasteiger partial charge in [0.25, 0.3) is 0 Å². The Labute approximate surface area is 90.6 Å². The molecule has 0 atom stereocenters. The van der Waals surface area contributed by atoms with Crippen LogP contribution in [0.5, 0.6) is 5.75 Å². The van der Waals surface area contributed by atoms with E-state index in [1.165, 1.54) is 29.6 Å². The van der Waals surface area contributed by atoms with Crippen molar-refractivity contribution in [3.05, 3.63) is 41.4 Å². The smallest absolute Gasteiger partial charge is 0.141 e. The zero-order valence-corrected chi connectivity index (χ0v) is 8.33. The van der Waals surface area contributed by atoms with Gasteiger partial charge < -0.3 is 5.11 Å². The molecule has 76 valence electrons. The van der Waals surface area contributed by atoms with Crippen LogP contribution in [-0.2, 0) is 0 Å². The van der Waals surface area contributed by atoms with Crippen molar-refractivity contribution >= 4 is 17.8 Å². The molecule has 0 fully saturated rings. The lowest BCUT2D eigenvalue weighted by Crippen LogP contribution is -1.87. The Morgan fingerprint density at radius 2 is 2.07 bits per heavy atom. The second kappa shape index (κ2) is 4.10. The number of hydrogen-bond acceptors (Lipinski definition) is 4. The Morgan fingerprint density at radius 3 is 2.80 bits per heavy atom. The molecule has 0 bridgehead atoms. The van der Waals surface area contributed by atoms with E-state index in [-0.39, 0.29) is 5.75 Å². The first-order valence-corrected chi connectivity index (χ1v) is 4.51. The van der Waals surface area contributed by atoms with E-state index in [1.54, 1.807) is 12.1 Å². The van der Waals surface area contributed by atoms with Crippen LogP contribution in [0.3, 0.4) is 0 Å². The van der Waals surface area contributed by atoms with Gasteiger partial charge in [0.05, 0.1) is 6.21 Å². The summed E-state index contributed by atoms with van der Waals surface area (Å²) in [6, 6.07) is 4.73. The highest BCUT2D eigenvalue weighted by molar-refractivity contribution is 6.30. The SMILES string of the molecule is Oc1ccc(Cl)cc1/C=N/n1cnnc1. The van der Waals surface area contributed by atoms with Crippen LogP contribution in [0.2, 0.25) is 5.02 Å². The highest BCUT2D eigenvalue weighted by Crippen LogP contribution is 2.19. The molecule has 5 nitrogen and oxygen atoms in total. The van der Waals surface area contributed by atoms with Gasteiger partial charge in [0.2, 0.25) is 0 Å². The molecule has 0 saturated heterocycles. The molecule has 6 heteroatoms. The summed E-state index contributed by atoms with van der Waals surface area (Å²) in [7, 11) is 0. The van der Waals surface area contributed by atoms with Gasteiger partial charge in [-0.1, -0.05) is 11.6 Å². The molecule has 0 saturated carbocycles. The van der Waals surface area contributed by atoms with Crippen LogP contribution in [0.4, 0.5) is 0 Å². The zero-order valence-electron chi connectivity index (χ0n) is 7.58. The summed E-state index contributed by atoms with van der Waals surface area (Å²) in [5.41, 5.74) is 0.538. The quantitative estimate of drug-likeness (QED) is 0.784. The summed E-state index contributed by atoms with van der Waals surface area (Å²) in [4.78, 5) is 0. The summed E-state index contributed by atoms with van der Waals surface area (Å²) in [5, 5.41) is 21.2. The van der Waals surface area contributed by atoms with Crippen molar-refractivity contribution in [3.63, 3.8) is 0 Å². The number of nitrogens with zero attached hydrogens (tertiary/aromatic N) is 4. The molecule has 2 rings (SSSR count). The first kappa shape index (κ1) is 9.67. The molecule has 0 radical (unpaired) electrons. The Morgan fingerprint density at radius 1 is 1.33 bits per heavy atom. The lowest BCUT2D eigenvalue weighted by molar-refractivity contribution is 0.474. The van der Waals surface area contributed by atoms with Gasteiger partial charge in [0, 0.05) is 10.6 Å². The van der Waals surface area contributed by atoms with Gasteiger partial charge in [-0.3, -0.25) is 0 Å². The van der Waals surface area contributed by atoms with Crippen LogP contribution >= 0.6 is 11.6 Å². The molecule has 0 unspecified atom stereocenters. The van der Waals surface area contributed by atoms with Crippen molar-refractivity contribution in [1.29, 1.82) is 0 Å². The Balaban J connectivity index is 2.27. The number of aromatic nitrogens is 3. The summed E-state index contributed by atoms with van der Waals surface area (Å²) < 4.78 is 1.42. The van der Waals surface area contributed by atoms with Crippen molar-refractivity contribution in [2.45, 2.75) is 0 Å².